The minimum Gasteiger partial charge on any atom is -0.474 e. The second-order valence-corrected chi connectivity index (χ2v) is 4.28. The molecule has 0 radical (unpaired) electrons. The van der Waals surface area contributed by atoms with Crippen molar-refractivity contribution >= 4 is 5.97 Å². The molecular formula is C10H12N6O3. The third kappa shape index (κ3) is 2.32. The molecule has 0 aliphatic carbocycles. The molecule has 19 heavy (non-hydrogen) atoms. The maximum atomic E-state index is 10.7. The van der Waals surface area contributed by atoms with Crippen molar-refractivity contribution in [3.8, 4) is 11.6 Å². The van der Waals surface area contributed by atoms with Crippen molar-refractivity contribution < 1.29 is 14.3 Å². The first kappa shape index (κ1) is 11.8. The van der Waals surface area contributed by atoms with Crippen LogP contribution in [-0.2, 0) is 0 Å². The summed E-state index contributed by atoms with van der Waals surface area (Å²) in [5.41, 5.74) is 0.388. The minimum absolute atomic E-state index is 0.0672. The van der Waals surface area contributed by atoms with Crippen molar-refractivity contribution in [2.24, 2.45) is 0 Å². The zero-order chi connectivity index (χ0) is 13.2. The lowest BCUT2D eigenvalue weighted by molar-refractivity contribution is 0.0654. The number of carboxylic acid groups (broad SMARTS) is 1. The molecule has 0 spiro atoms. The highest BCUT2D eigenvalue weighted by molar-refractivity contribution is 5.82. The van der Waals surface area contributed by atoms with E-state index in [1.165, 1.54) is 0 Å². The number of carboxylic acids is 1. The number of aromatic nitrogens is 5. The third-order valence-corrected chi connectivity index (χ3v) is 3.02. The summed E-state index contributed by atoms with van der Waals surface area (Å²) < 4.78 is 6.75. The van der Waals surface area contributed by atoms with Gasteiger partial charge < -0.3 is 14.8 Å². The molecule has 1 aliphatic heterocycles. The first-order chi connectivity index (χ1) is 9.24. The van der Waals surface area contributed by atoms with Crippen LogP contribution in [0.15, 0.2) is 10.6 Å². The van der Waals surface area contributed by atoms with Crippen molar-refractivity contribution in [3.63, 3.8) is 0 Å². The molecule has 1 fully saturated rings. The van der Waals surface area contributed by atoms with E-state index >= 15 is 0 Å². The Bertz CT molecular complexity index is 586. The monoisotopic (exact) mass is 264 g/mol. The summed E-state index contributed by atoms with van der Waals surface area (Å²) in [5.74, 6) is -1.64. The fourth-order valence-corrected chi connectivity index (χ4v) is 2.04. The van der Waals surface area contributed by atoms with E-state index in [9.17, 15) is 4.79 Å². The molecule has 3 rings (SSSR count). The van der Waals surface area contributed by atoms with Gasteiger partial charge in [0.1, 0.15) is 0 Å². The Morgan fingerprint density at radius 1 is 1.37 bits per heavy atom. The molecule has 0 aromatic carbocycles. The van der Waals surface area contributed by atoms with E-state index in [-0.39, 0.29) is 5.89 Å². The predicted octanol–water partition coefficient (Wildman–Crippen LogP) is -0.0492. The van der Waals surface area contributed by atoms with Crippen molar-refractivity contribution in [2.75, 3.05) is 13.1 Å². The van der Waals surface area contributed by atoms with Gasteiger partial charge in [-0.05, 0) is 25.9 Å². The Morgan fingerprint density at radius 3 is 2.84 bits per heavy atom. The standard InChI is InChI=1S/C10H12N6O3/c17-10(18)9-14-13-8(19-9)7-5-16(15-12-7)6-1-3-11-4-2-6/h5-6,11H,1-4H2,(H,17,18). The number of aromatic carboxylic acids is 1. The summed E-state index contributed by atoms with van der Waals surface area (Å²) >= 11 is 0. The van der Waals surface area contributed by atoms with Gasteiger partial charge in [0.15, 0.2) is 5.69 Å². The lowest BCUT2D eigenvalue weighted by Gasteiger charge is -2.21. The second-order valence-electron chi connectivity index (χ2n) is 4.28. The summed E-state index contributed by atoms with van der Waals surface area (Å²) in [6.07, 6.45) is 3.66. The number of piperidine rings is 1. The number of hydrogen-bond acceptors (Lipinski definition) is 7. The van der Waals surface area contributed by atoms with Crippen LogP contribution in [0.4, 0.5) is 0 Å². The van der Waals surface area contributed by atoms with Crippen LogP contribution < -0.4 is 5.32 Å². The zero-order valence-corrected chi connectivity index (χ0v) is 9.98. The topological polar surface area (TPSA) is 119 Å². The fourth-order valence-electron chi connectivity index (χ4n) is 2.04. The van der Waals surface area contributed by atoms with Crippen LogP contribution in [0.3, 0.4) is 0 Å². The number of rotatable bonds is 3. The highest BCUT2D eigenvalue weighted by Gasteiger charge is 2.20. The Hall–Kier alpha value is -2.29. The van der Waals surface area contributed by atoms with E-state index in [1.54, 1.807) is 10.9 Å². The molecule has 9 nitrogen and oxygen atoms in total. The molecule has 0 amide bonds. The van der Waals surface area contributed by atoms with Crippen LogP contribution in [0.1, 0.15) is 29.6 Å². The highest BCUT2D eigenvalue weighted by atomic mass is 16.4. The Morgan fingerprint density at radius 2 is 2.16 bits per heavy atom. The zero-order valence-electron chi connectivity index (χ0n) is 9.98. The van der Waals surface area contributed by atoms with Crippen molar-refractivity contribution in [2.45, 2.75) is 18.9 Å². The van der Waals surface area contributed by atoms with Gasteiger partial charge in [0.25, 0.3) is 5.89 Å². The van der Waals surface area contributed by atoms with Gasteiger partial charge in [0.05, 0.1) is 12.2 Å². The molecule has 0 atom stereocenters. The molecule has 3 heterocycles. The molecule has 9 heteroatoms. The van der Waals surface area contributed by atoms with Crippen LogP contribution in [0, 0.1) is 0 Å². The lowest BCUT2D eigenvalue weighted by atomic mass is 10.1. The molecule has 0 bridgehead atoms. The summed E-state index contributed by atoms with van der Waals surface area (Å²) in [5, 5.41) is 27.0. The van der Waals surface area contributed by atoms with E-state index in [2.05, 4.69) is 25.8 Å². The summed E-state index contributed by atoms with van der Waals surface area (Å²) in [6, 6.07) is 0.296. The normalized spacial score (nSPS) is 16.6. The van der Waals surface area contributed by atoms with Crippen LogP contribution in [0.2, 0.25) is 0 Å². The summed E-state index contributed by atoms with van der Waals surface area (Å²) in [7, 11) is 0. The van der Waals surface area contributed by atoms with Gasteiger partial charge in [0, 0.05) is 0 Å². The van der Waals surface area contributed by atoms with Gasteiger partial charge in [-0.2, -0.15) is 0 Å². The number of hydrogen-bond donors (Lipinski definition) is 2. The summed E-state index contributed by atoms with van der Waals surface area (Å²) in [4.78, 5) is 10.7. The fraction of sp³-hybridized carbons (Fsp3) is 0.500. The van der Waals surface area contributed by atoms with Crippen LogP contribution >= 0.6 is 0 Å². The smallest absolute Gasteiger partial charge is 0.393 e. The van der Waals surface area contributed by atoms with E-state index < -0.39 is 11.9 Å². The number of carbonyl (C=O) groups is 1. The van der Waals surface area contributed by atoms with Crippen molar-refractivity contribution in [1.82, 2.24) is 30.5 Å². The predicted molar refractivity (Wildman–Crippen MR) is 61.4 cm³/mol. The van der Waals surface area contributed by atoms with E-state index in [0.29, 0.717) is 11.7 Å². The van der Waals surface area contributed by atoms with Gasteiger partial charge in [-0.3, -0.25) is 0 Å². The van der Waals surface area contributed by atoms with Crippen LogP contribution in [-0.4, -0.2) is 49.4 Å². The van der Waals surface area contributed by atoms with E-state index in [1.807, 2.05) is 0 Å². The first-order valence-corrected chi connectivity index (χ1v) is 5.94. The van der Waals surface area contributed by atoms with E-state index in [4.69, 9.17) is 9.52 Å². The van der Waals surface area contributed by atoms with Gasteiger partial charge in [-0.1, -0.05) is 5.21 Å². The Labute approximate surface area is 107 Å². The molecule has 0 unspecified atom stereocenters. The quantitative estimate of drug-likeness (QED) is 0.792. The average Bonchev–Trinajstić information content (AvgIpc) is 3.09. The van der Waals surface area contributed by atoms with Gasteiger partial charge in [-0.25, -0.2) is 9.48 Å². The first-order valence-electron chi connectivity index (χ1n) is 5.94. The largest absolute Gasteiger partial charge is 0.474 e. The minimum atomic E-state index is -1.26. The molecule has 1 aliphatic rings. The van der Waals surface area contributed by atoms with Gasteiger partial charge >= 0.3 is 11.9 Å². The van der Waals surface area contributed by atoms with Gasteiger partial charge in [0.2, 0.25) is 0 Å². The maximum Gasteiger partial charge on any atom is 0.393 e. The molecule has 2 aromatic rings. The number of nitrogens with one attached hydrogen (secondary N) is 1. The summed E-state index contributed by atoms with van der Waals surface area (Å²) in [6.45, 7) is 1.90. The number of nitrogens with zero attached hydrogens (tertiary/aromatic N) is 5. The third-order valence-electron chi connectivity index (χ3n) is 3.02. The second kappa shape index (κ2) is 4.76. The maximum absolute atomic E-state index is 10.7. The molecule has 100 valence electrons. The van der Waals surface area contributed by atoms with Crippen LogP contribution in [0.5, 0.6) is 0 Å². The van der Waals surface area contributed by atoms with Crippen molar-refractivity contribution in [1.29, 1.82) is 0 Å². The van der Waals surface area contributed by atoms with E-state index in [0.717, 1.165) is 25.9 Å². The van der Waals surface area contributed by atoms with Gasteiger partial charge in [-0.15, -0.1) is 15.3 Å². The molecule has 1 saturated heterocycles. The average molecular weight is 264 g/mol. The lowest BCUT2D eigenvalue weighted by Crippen LogP contribution is -2.29. The van der Waals surface area contributed by atoms with Crippen molar-refractivity contribution in [3.05, 3.63) is 12.1 Å². The molecule has 0 saturated carbocycles. The molecule has 2 N–H and O–H groups in total. The molecule has 2 aromatic heterocycles. The Kier molecular flexibility index (Phi) is 2.95. The SMILES string of the molecule is O=C(O)c1nnc(-c2cn(C3CCNCC3)nn2)o1. The highest BCUT2D eigenvalue weighted by Crippen LogP contribution is 2.20. The van der Waals surface area contributed by atoms with Crippen LogP contribution in [0.25, 0.3) is 11.6 Å². The molecular weight excluding hydrogens is 252 g/mol. The Balaban J connectivity index is 1.81.